The van der Waals surface area contributed by atoms with Crippen LogP contribution in [0.5, 0.6) is 0 Å². The van der Waals surface area contributed by atoms with E-state index in [1.165, 1.54) is 0 Å². The zero-order valence-corrected chi connectivity index (χ0v) is 11.2. The Morgan fingerprint density at radius 1 is 1.37 bits per heavy atom. The van der Waals surface area contributed by atoms with Crippen LogP contribution in [0.25, 0.3) is 0 Å². The van der Waals surface area contributed by atoms with Crippen LogP contribution in [0.1, 0.15) is 19.3 Å². The molecule has 1 aliphatic rings. The van der Waals surface area contributed by atoms with Crippen LogP contribution in [0.2, 0.25) is 0 Å². The maximum atomic E-state index is 12.1. The van der Waals surface area contributed by atoms with Crippen LogP contribution in [0.15, 0.2) is 30.3 Å². The number of piperidine rings is 1. The van der Waals surface area contributed by atoms with Crippen LogP contribution >= 0.6 is 0 Å². The largest absolute Gasteiger partial charge is 0.396 e. The Labute approximate surface area is 114 Å². The molecule has 1 unspecified atom stereocenters. The molecular weight excluding hydrogens is 240 g/mol. The minimum absolute atomic E-state index is 0.145. The summed E-state index contributed by atoms with van der Waals surface area (Å²) < 4.78 is 0. The molecule has 2 N–H and O–H groups in total. The van der Waals surface area contributed by atoms with Crippen molar-refractivity contribution >= 4 is 11.6 Å². The number of anilines is 1. The molecule has 1 aromatic rings. The lowest BCUT2D eigenvalue weighted by atomic mass is 9.95. The monoisotopic (exact) mass is 262 g/mol. The van der Waals surface area contributed by atoms with E-state index in [2.05, 4.69) is 5.32 Å². The normalized spacial score (nSPS) is 19.2. The van der Waals surface area contributed by atoms with Gasteiger partial charge >= 0.3 is 0 Å². The Kier molecular flexibility index (Phi) is 5.21. The molecular formula is C15H22N2O2. The third-order valence-electron chi connectivity index (χ3n) is 3.63. The van der Waals surface area contributed by atoms with Crippen molar-refractivity contribution in [3.05, 3.63) is 30.3 Å². The predicted octanol–water partition coefficient (Wildman–Crippen LogP) is 1.72. The zero-order chi connectivity index (χ0) is 13.5. The molecule has 1 fully saturated rings. The van der Waals surface area contributed by atoms with E-state index in [0.29, 0.717) is 12.5 Å². The minimum atomic E-state index is 0.145. The average Bonchev–Trinajstić information content (AvgIpc) is 2.46. The van der Waals surface area contributed by atoms with Gasteiger partial charge in [-0.2, -0.15) is 0 Å². The molecule has 1 amide bonds. The fourth-order valence-electron chi connectivity index (χ4n) is 2.56. The van der Waals surface area contributed by atoms with Gasteiger partial charge in [0, 0.05) is 25.4 Å². The number of hydrogen-bond donors (Lipinski definition) is 2. The Hall–Kier alpha value is -1.55. The minimum Gasteiger partial charge on any atom is -0.396 e. The van der Waals surface area contributed by atoms with Crippen molar-refractivity contribution in [2.75, 3.05) is 31.6 Å². The van der Waals surface area contributed by atoms with E-state index in [0.717, 1.165) is 38.0 Å². The highest BCUT2D eigenvalue weighted by molar-refractivity contribution is 5.80. The third-order valence-corrected chi connectivity index (χ3v) is 3.63. The van der Waals surface area contributed by atoms with Gasteiger partial charge in [-0.15, -0.1) is 0 Å². The summed E-state index contributed by atoms with van der Waals surface area (Å²) in [6.45, 7) is 2.19. The summed E-state index contributed by atoms with van der Waals surface area (Å²) in [4.78, 5) is 14.0. The number of rotatable bonds is 5. The second-order valence-corrected chi connectivity index (χ2v) is 5.08. The number of aliphatic hydroxyl groups is 1. The number of carbonyl (C=O) groups excluding carboxylic acids is 1. The lowest BCUT2D eigenvalue weighted by molar-refractivity contribution is -0.131. The van der Waals surface area contributed by atoms with Crippen LogP contribution < -0.4 is 5.32 Å². The Bertz CT molecular complexity index is 392. The van der Waals surface area contributed by atoms with Crippen LogP contribution in [0.4, 0.5) is 5.69 Å². The molecule has 0 spiro atoms. The number of nitrogens with one attached hydrogen (secondary N) is 1. The van der Waals surface area contributed by atoms with Crippen molar-refractivity contribution in [1.29, 1.82) is 0 Å². The van der Waals surface area contributed by atoms with Crippen molar-refractivity contribution in [3.8, 4) is 0 Å². The fraction of sp³-hybridized carbons (Fsp3) is 0.533. The number of likely N-dealkylation sites (tertiary alicyclic amines) is 1. The molecule has 104 valence electrons. The van der Waals surface area contributed by atoms with Crippen molar-refractivity contribution < 1.29 is 9.90 Å². The molecule has 0 radical (unpaired) electrons. The first-order valence-corrected chi connectivity index (χ1v) is 6.97. The summed E-state index contributed by atoms with van der Waals surface area (Å²) in [5.74, 6) is 0.603. The highest BCUT2D eigenvalue weighted by Gasteiger charge is 2.22. The summed E-state index contributed by atoms with van der Waals surface area (Å²) in [6.07, 6.45) is 2.97. The van der Waals surface area contributed by atoms with Crippen molar-refractivity contribution in [3.63, 3.8) is 0 Å². The third kappa shape index (κ3) is 4.24. The molecule has 2 rings (SSSR count). The number of para-hydroxylation sites is 1. The maximum absolute atomic E-state index is 12.1. The second kappa shape index (κ2) is 7.14. The van der Waals surface area contributed by atoms with Gasteiger partial charge in [-0.1, -0.05) is 18.2 Å². The molecule has 0 aromatic heterocycles. The van der Waals surface area contributed by atoms with Crippen molar-refractivity contribution in [2.45, 2.75) is 19.3 Å². The van der Waals surface area contributed by atoms with Gasteiger partial charge in [-0.05, 0) is 37.3 Å². The van der Waals surface area contributed by atoms with Gasteiger partial charge < -0.3 is 15.3 Å². The molecule has 0 saturated carbocycles. The molecule has 0 bridgehead atoms. The molecule has 1 aromatic carbocycles. The van der Waals surface area contributed by atoms with Gasteiger partial charge in [0.1, 0.15) is 0 Å². The maximum Gasteiger partial charge on any atom is 0.241 e. The van der Waals surface area contributed by atoms with Gasteiger partial charge in [-0.3, -0.25) is 4.79 Å². The highest BCUT2D eigenvalue weighted by Crippen LogP contribution is 2.19. The molecule has 0 aliphatic carbocycles. The lowest BCUT2D eigenvalue weighted by Crippen LogP contribution is -2.42. The van der Waals surface area contributed by atoms with E-state index >= 15 is 0 Å². The number of amides is 1. The number of hydrogen-bond acceptors (Lipinski definition) is 3. The quantitative estimate of drug-likeness (QED) is 0.849. The van der Waals surface area contributed by atoms with Gasteiger partial charge in [0.2, 0.25) is 5.91 Å². The van der Waals surface area contributed by atoms with Crippen LogP contribution in [0, 0.1) is 5.92 Å². The molecule has 4 heteroatoms. The Morgan fingerprint density at radius 3 is 2.89 bits per heavy atom. The standard InChI is InChI=1S/C15H22N2O2/c18-10-8-13-5-4-9-17(12-13)15(19)11-16-14-6-2-1-3-7-14/h1-3,6-7,13,16,18H,4-5,8-12H2. The van der Waals surface area contributed by atoms with Gasteiger partial charge in [0.25, 0.3) is 0 Å². The van der Waals surface area contributed by atoms with E-state index in [-0.39, 0.29) is 12.5 Å². The molecule has 4 nitrogen and oxygen atoms in total. The SMILES string of the molecule is O=C(CNc1ccccc1)N1CCCC(CCO)C1. The van der Waals surface area contributed by atoms with E-state index in [4.69, 9.17) is 5.11 Å². The molecule has 1 saturated heterocycles. The summed E-state index contributed by atoms with van der Waals surface area (Å²) in [5.41, 5.74) is 0.972. The van der Waals surface area contributed by atoms with Crippen LogP contribution in [-0.4, -0.2) is 42.2 Å². The van der Waals surface area contributed by atoms with Crippen LogP contribution in [-0.2, 0) is 4.79 Å². The van der Waals surface area contributed by atoms with Gasteiger partial charge in [-0.25, -0.2) is 0 Å². The van der Waals surface area contributed by atoms with E-state index in [1.54, 1.807) is 0 Å². The average molecular weight is 262 g/mol. The van der Waals surface area contributed by atoms with E-state index in [1.807, 2.05) is 35.2 Å². The van der Waals surface area contributed by atoms with Gasteiger partial charge in [0.15, 0.2) is 0 Å². The number of aliphatic hydroxyl groups excluding tert-OH is 1. The number of benzene rings is 1. The summed E-state index contributed by atoms with van der Waals surface area (Å²) in [6, 6.07) is 9.77. The topological polar surface area (TPSA) is 52.6 Å². The smallest absolute Gasteiger partial charge is 0.241 e. The number of nitrogens with zero attached hydrogens (tertiary/aromatic N) is 1. The van der Waals surface area contributed by atoms with Crippen molar-refractivity contribution in [1.82, 2.24) is 4.90 Å². The van der Waals surface area contributed by atoms with E-state index < -0.39 is 0 Å². The summed E-state index contributed by atoms with van der Waals surface area (Å²) in [5, 5.41) is 12.1. The highest BCUT2D eigenvalue weighted by atomic mass is 16.3. The lowest BCUT2D eigenvalue weighted by Gasteiger charge is -2.32. The molecule has 19 heavy (non-hydrogen) atoms. The zero-order valence-electron chi connectivity index (χ0n) is 11.2. The van der Waals surface area contributed by atoms with Crippen molar-refractivity contribution in [2.24, 2.45) is 5.92 Å². The summed E-state index contributed by atoms with van der Waals surface area (Å²) in [7, 11) is 0. The molecule has 1 aliphatic heterocycles. The van der Waals surface area contributed by atoms with Gasteiger partial charge in [0.05, 0.1) is 6.54 Å². The van der Waals surface area contributed by atoms with E-state index in [9.17, 15) is 4.79 Å². The first-order valence-electron chi connectivity index (χ1n) is 6.97. The summed E-state index contributed by atoms with van der Waals surface area (Å²) >= 11 is 0. The molecule has 1 heterocycles. The van der Waals surface area contributed by atoms with Crippen LogP contribution in [0.3, 0.4) is 0 Å². The second-order valence-electron chi connectivity index (χ2n) is 5.08. The Morgan fingerprint density at radius 2 is 2.16 bits per heavy atom. The fourth-order valence-corrected chi connectivity index (χ4v) is 2.56. The Balaban J connectivity index is 1.79. The molecule has 1 atom stereocenters. The first-order chi connectivity index (χ1) is 9.29. The number of carbonyl (C=O) groups is 1. The predicted molar refractivity (Wildman–Crippen MR) is 75.9 cm³/mol. The first kappa shape index (κ1) is 13.9.